The smallest absolute Gasteiger partial charge is 0.408 e. The Hall–Kier alpha value is -2.83. The number of amides is 2. The summed E-state index contributed by atoms with van der Waals surface area (Å²) in [7, 11) is 1.99. The van der Waals surface area contributed by atoms with E-state index in [2.05, 4.69) is 27.3 Å². The second-order valence-electron chi connectivity index (χ2n) is 8.65. The van der Waals surface area contributed by atoms with E-state index in [-0.39, 0.29) is 11.8 Å². The molecule has 0 saturated heterocycles. The molecular formula is C22H33N4O3+. The second kappa shape index (κ2) is 9.58. The molecule has 1 atom stereocenters. The third-order valence-corrected chi connectivity index (χ3v) is 4.30. The molecule has 0 saturated carbocycles. The number of nitrogens with one attached hydrogen (secondary N) is 2. The first-order valence-corrected chi connectivity index (χ1v) is 9.89. The molecule has 1 heterocycles. The number of aromatic nitrogens is 2. The Morgan fingerprint density at radius 2 is 1.76 bits per heavy atom. The van der Waals surface area contributed by atoms with Crippen LogP contribution in [0.5, 0.6) is 0 Å². The van der Waals surface area contributed by atoms with Gasteiger partial charge in [-0.3, -0.25) is 4.79 Å². The van der Waals surface area contributed by atoms with Crippen LogP contribution in [0.1, 0.15) is 45.7 Å². The van der Waals surface area contributed by atoms with Crippen LogP contribution in [0.3, 0.4) is 0 Å². The van der Waals surface area contributed by atoms with Gasteiger partial charge in [0.05, 0.1) is 7.05 Å². The van der Waals surface area contributed by atoms with Crippen LogP contribution < -0.4 is 15.2 Å². The molecule has 2 N–H and O–H groups in total. The SMILES string of the molecule is CC(C)[C@H](NC(=O)OC(C)(C)C)C(=O)NCc1ccc(Cn2cc[n+](C)c2)cc1. The summed E-state index contributed by atoms with van der Waals surface area (Å²) < 4.78 is 9.37. The van der Waals surface area contributed by atoms with Crippen molar-refractivity contribution >= 4 is 12.0 Å². The van der Waals surface area contributed by atoms with E-state index in [4.69, 9.17) is 4.74 Å². The van der Waals surface area contributed by atoms with Crippen LogP contribution in [0.4, 0.5) is 4.79 Å². The van der Waals surface area contributed by atoms with Crippen molar-refractivity contribution < 1.29 is 18.9 Å². The molecular weight excluding hydrogens is 368 g/mol. The number of imidazole rings is 1. The fourth-order valence-electron chi connectivity index (χ4n) is 2.84. The van der Waals surface area contributed by atoms with Gasteiger partial charge < -0.3 is 15.4 Å². The molecule has 0 aliphatic rings. The standard InChI is InChI=1S/C22H32N4O3/c1-16(2)19(24-21(28)29-22(3,4)5)20(27)23-13-17-7-9-18(10-8-17)14-26-12-11-25(6)15-26/h7-12,15-16,19H,13-14H2,1-6H3,(H-,23,24,27,28)/p+1/t19-/m0/s1. The number of benzene rings is 1. The van der Waals surface area contributed by atoms with Gasteiger partial charge in [-0.1, -0.05) is 38.1 Å². The topological polar surface area (TPSA) is 76.2 Å². The molecule has 2 amide bonds. The highest BCUT2D eigenvalue weighted by atomic mass is 16.6. The van der Waals surface area contributed by atoms with Crippen molar-refractivity contribution in [2.75, 3.05) is 0 Å². The average Bonchev–Trinajstić information content (AvgIpc) is 3.02. The van der Waals surface area contributed by atoms with E-state index in [1.807, 2.05) is 56.3 Å². The molecule has 0 aliphatic carbocycles. The zero-order valence-electron chi connectivity index (χ0n) is 18.2. The predicted octanol–water partition coefficient (Wildman–Crippen LogP) is 2.53. The number of nitrogens with zero attached hydrogens (tertiary/aromatic N) is 2. The molecule has 0 unspecified atom stereocenters. The van der Waals surface area contributed by atoms with Gasteiger partial charge in [0, 0.05) is 6.54 Å². The lowest BCUT2D eigenvalue weighted by Crippen LogP contribution is -2.50. The minimum atomic E-state index is -0.654. The lowest BCUT2D eigenvalue weighted by Gasteiger charge is -2.25. The highest BCUT2D eigenvalue weighted by Crippen LogP contribution is 2.10. The quantitative estimate of drug-likeness (QED) is 0.700. The number of hydrogen-bond donors (Lipinski definition) is 2. The maximum Gasteiger partial charge on any atom is 0.408 e. The summed E-state index contributed by atoms with van der Waals surface area (Å²) in [6.07, 6.45) is 5.46. The van der Waals surface area contributed by atoms with Gasteiger partial charge in [-0.2, -0.15) is 0 Å². The number of rotatable bonds is 7. The van der Waals surface area contributed by atoms with E-state index < -0.39 is 17.7 Å². The number of hydrogen-bond acceptors (Lipinski definition) is 3. The van der Waals surface area contributed by atoms with Crippen molar-refractivity contribution in [2.45, 2.75) is 59.4 Å². The monoisotopic (exact) mass is 401 g/mol. The van der Waals surface area contributed by atoms with Crippen molar-refractivity contribution in [1.82, 2.24) is 15.2 Å². The van der Waals surface area contributed by atoms with Gasteiger partial charge in [0.25, 0.3) is 0 Å². The lowest BCUT2D eigenvalue weighted by molar-refractivity contribution is -0.671. The number of alkyl carbamates (subject to hydrolysis) is 1. The van der Waals surface area contributed by atoms with Crippen molar-refractivity contribution in [3.8, 4) is 0 Å². The van der Waals surface area contributed by atoms with Crippen molar-refractivity contribution in [3.63, 3.8) is 0 Å². The Morgan fingerprint density at radius 1 is 1.14 bits per heavy atom. The average molecular weight is 402 g/mol. The largest absolute Gasteiger partial charge is 0.444 e. The Bertz CT molecular complexity index is 819. The van der Waals surface area contributed by atoms with E-state index in [0.717, 1.165) is 12.1 Å². The van der Waals surface area contributed by atoms with E-state index >= 15 is 0 Å². The Balaban J connectivity index is 1.89. The number of carbonyl (C=O) groups is 2. The number of ether oxygens (including phenoxy) is 1. The van der Waals surface area contributed by atoms with Gasteiger partial charge >= 0.3 is 6.09 Å². The summed E-state index contributed by atoms with van der Waals surface area (Å²) in [6, 6.07) is 7.47. The van der Waals surface area contributed by atoms with Crippen LogP contribution in [0.25, 0.3) is 0 Å². The summed E-state index contributed by atoms with van der Waals surface area (Å²) in [5.74, 6) is -0.289. The van der Waals surface area contributed by atoms with E-state index in [9.17, 15) is 9.59 Å². The third kappa shape index (κ3) is 7.60. The molecule has 0 aliphatic heterocycles. The van der Waals surface area contributed by atoms with E-state index in [0.29, 0.717) is 6.54 Å². The van der Waals surface area contributed by atoms with Crippen LogP contribution in [0.15, 0.2) is 43.0 Å². The minimum Gasteiger partial charge on any atom is -0.444 e. The molecule has 2 rings (SSSR count). The second-order valence-corrected chi connectivity index (χ2v) is 8.65. The number of carbonyl (C=O) groups excluding carboxylic acids is 2. The Morgan fingerprint density at radius 3 is 2.28 bits per heavy atom. The molecule has 158 valence electrons. The first kappa shape index (κ1) is 22.5. The van der Waals surface area contributed by atoms with Gasteiger partial charge in [0.15, 0.2) is 0 Å². The predicted molar refractivity (Wildman–Crippen MR) is 111 cm³/mol. The molecule has 2 aromatic rings. The van der Waals surface area contributed by atoms with Gasteiger partial charge in [-0.25, -0.2) is 13.9 Å². The fourth-order valence-corrected chi connectivity index (χ4v) is 2.84. The van der Waals surface area contributed by atoms with E-state index in [1.54, 1.807) is 20.8 Å². The van der Waals surface area contributed by atoms with Crippen molar-refractivity contribution in [1.29, 1.82) is 0 Å². The zero-order chi connectivity index (χ0) is 21.6. The first-order chi connectivity index (χ1) is 13.5. The zero-order valence-corrected chi connectivity index (χ0v) is 18.2. The van der Waals surface area contributed by atoms with Crippen LogP contribution in [-0.2, 0) is 29.7 Å². The van der Waals surface area contributed by atoms with Gasteiger partial charge in [0.2, 0.25) is 12.2 Å². The molecule has 7 nitrogen and oxygen atoms in total. The number of aryl methyl sites for hydroxylation is 1. The summed E-state index contributed by atoms with van der Waals surface area (Å²) in [5.41, 5.74) is 1.57. The Kier molecular flexibility index (Phi) is 7.42. The van der Waals surface area contributed by atoms with Gasteiger partial charge in [-0.15, -0.1) is 0 Å². The Labute approximate surface area is 173 Å². The normalized spacial score (nSPS) is 12.5. The summed E-state index contributed by atoms with van der Waals surface area (Å²) >= 11 is 0. The van der Waals surface area contributed by atoms with Gasteiger partial charge in [0.1, 0.15) is 30.6 Å². The molecule has 1 aromatic heterocycles. The molecule has 29 heavy (non-hydrogen) atoms. The van der Waals surface area contributed by atoms with Crippen LogP contribution in [-0.4, -0.2) is 28.2 Å². The van der Waals surface area contributed by atoms with Crippen LogP contribution in [0.2, 0.25) is 0 Å². The molecule has 0 spiro atoms. The summed E-state index contributed by atoms with van der Waals surface area (Å²) in [5, 5.41) is 5.57. The summed E-state index contributed by atoms with van der Waals surface area (Å²) in [4.78, 5) is 24.6. The molecule has 7 heteroatoms. The van der Waals surface area contributed by atoms with Crippen molar-refractivity contribution in [3.05, 3.63) is 54.1 Å². The van der Waals surface area contributed by atoms with Crippen molar-refractivity contribution in [2.24, 2.45) is 13.0 Å². The van der Waals surface area contributed by atoms with E-state index in [1.165, 1.54) is 5.56 Å². The minimum absolute atomic E-state index is 0.0622. The summed E-state index contributed by atoms with van der Waals surface area (Å²) in [6.45, 7) is 10.3. The van der Waals surface area contributed by atoms with Crippen LogP contribution in [0, 0.1) is 5.92 Å². The third-order valence-electron chi connectivity index (χ3n) is 4.30. The highest BCUT2D eigenvalue weighted by molar-refractivity contribution is 5.85. The molecule has 0 fully saturated rings. The molecule has 0 bridgehead atoms. The van der Waals surface area contributed by atoms with Gasteiger partial charge in [-0.05, 0) is 37.8 Å². The highest BCUT2D eigenvalue weighted by Gasteiger charge is 2.26. The lowest BCUT2D eigenvalue weighted by atomic mass is 10.0. The molecule has 1 aromatic carbocycles. The maximum atomic E-state index is 12.6. The first-order valence-electron chi connectivity index (χ1n) is 9.89. The molecule has 0 radical (unpaired) electrons. The van der Waals surface area contributed by atoms with Crippen LogP contribution >= 0.6 is 0 Å². The fraction of sp³-hybridized carbons (Fsp3) is 0.500. The maximum absolute atomic E-state index is 12.6.